The largest absolute Gasteiger partial charge is 0.345 e. The first-order valence-corrected chi connectivity index (χ1v) is 28.6. The fraction of sp³-hybridized carbons (Fsp3) is 0.692. The molecule has 0 fully saturated rings. The van der Waals surface area contributed by atoms with Gasteiger partial charge in [-0.05, 0) is 33.2 Å². The number of allylic oxidation sites excluding steroid dienone is 2. The van der Waals surface area contributed by atoms with E-state index in [9.17, 15) is 0 Å². The van der Waals surface area contributed by atoms with E-state index in [1.165, 1.54) is 0 Å². The lowest BCUT2D eigenvalue weighted by molar-refractivity contribution is -0.142. The summed E-state index contributed by atoms with van der Waals surface area (Å²) in [6, 6.07) is 0. The lowest BCUT2D eigenvalue weighted by atomic mass is 10.0. The van der Waals surface area contributed by atoms with E-state index in [1.54, 1.807) is 14.2 Å². The van der Waals surface area contributed by atoms with Gasteiger partial charge >= 0.3 is 0 Å². The molecular formula is C39H66O2Si4. The van der Waals surface area contributed by atoms with Crippen molar-refractivity contribution in [3.63, 3.8) is 0 Å². The number of hydrogen-bond acceptors (Lipinski definition) is 2. The van der Waals surface area contributed by atoms with E-state index in [0.717, 1.165) is 22.3 Å². The SMILES string of the molecule is COC1(OC)C(C#C[Si](C)(C)C)=C(C#C[Si](C(C)C)(C(C)C)C(C)C)C(C#C[Si](C(C)C)(C(C)C)C(C)C)=C1C#C[Si](C)(C)C. The first kappa shape index (κ1) is 41.5. The Hall–Kier alpha value is -1.49. The molecule has 0 saturated carbocycles. The summed E-state index contributed by atoms with van der Waals surface area (Å²) in [6.07, 6.45) is 0. The summed E-state index contributed by atoms with van der Waals surface area (Å²) < 4.78 is 12.8. The van der Waals surface area contributed by atoms with Crippen molar-refractivity contribution < 1.29 is 9.47 Å². The Morgan fingerprint density at radius 2 is 0.667 bits per heavy atom. The summed E-state index contributed by atoms with van der Waals surface area (Å²) in [7, 11) is -4.25. The minimum atomic E-state index is -2.07. The van der Waals surface area contributed by atoms with Gasteiger partial charge in [-0.3, -0.25) is 0 Å². The second-order valence-electron chi connectivity index (χ2n) is 16.8. The van der Waals surface area contributed by atoms with Gasteiger partial charge < -0.3 is 9.47 Å². The molecule has 1 aliphatic carbocycles. The number of methoxy groups -OCH3 is 2. The highest BCUT2D eigenvalue weighted by Crippen LogP contribution is 2.46. The van der Waals surface area contributed by atoms with Crippen molar-refractivity contribution in [2.75, 3.05) is 14.2 Å². The van der Waals surface area contributed by atoms with Crippen LogP contribution in [0.15, 0.2) is 22.3 Å². The molecule has 1 aliphatic rings. The van der Waals surface area contributed by atoms with Gasteiger partial charge in [0.15, 0.2) is 0 Å². The fourth-order valence-electron chi connectivity index (χ4n) is 7.44. The van der Waals surface area contributed by atoms with Crippen molar-refractivity contribution in [3.8, 4) is 45.9 Å². The molecule has 0 saturated heterocycles. The van der Waals surface area contributed by atoms with Crippen LogP contribution >= 0.6 is 0 Å². The minimum absolute atomic E-state index is 0.505. The second kappa shape index (κ2) is 15.6. The van der Waals surface area contributed by atoms with Crippen LogP contribution in [0.5, 0.6) is 0 Å². The van der Waals surface area contributed by atoms with Gasteiger partial charge in [0.1, 0.15) is 32.3 Å². The Bertz CT molecular complexity index is 1230. The van der Waals surface area contributed by atoms with Crippen LogP contribution in [0, 0.1) is 45.9 Å². The maximum absolute atomic E-state index is 6.39. The molecule has 0 heterocycles. The molecule has 0 unspecified atom stereocenters. The zero-order valence-electron chi connectivity index (χ0n) is 32.8. The molecule has 0 spiro atoms. The predicted molar refractivity (Wildman–Crippen MR) is 211 cm³/mol. The normalized spacial score (nSPS) is 15.8. The van der Waals surface area contributed by atoms with Gasteiger partial charge in [0.05, 0.1) is 22.3 Å². The highest BCUT2D eigenvalue weighted by Gasteiger charge is 2.49. The first-order valence-electron chi connectivity index (χ1n) is 17.1. The molecule has 0 aliphatic heterocycles. The average Bonchev–Trinajstić information content (AvgIpc) is 3.12. The van der Waals surface area contributed by atoms with Gasteiger partial charge in [-0.2, -0.15) is 0 Å². The third-order valence-corrected chi connectivity index (χ3v) is 24.0. The molecule has 0 aromatic heterocycles. The average molecular weight is 679 g/mol. The number of ether oxygens (including phenoxy) is 2. The van der Waals surface area contributed by atoms with Crippen LogP contribution in [0.1, 0.15) is 83.1 Å². The Balaban J connectivity index is 4.73. The molecule has 0 bridgehead atoms. The molecule has 0 atom stereocenters. The molecule has 0 amide bonds. The molecule has 1 rings (SSSR count). The van der Waals surface area contributed by atoms with E-state index in [-0.39, 0.29) is 0 Å². The van der Waals surface area contributed by atoms with Crippen molar-refractivity contribution in [1.29, 1.82) is 0 Å². The van der Waals surface area contributed by atoms with Crippen molar-refractivity contribution >= 4 is 32.3 Å². The first-order chi connectivity index (χ1) is 20.4. The third kappa shape index (κ3) is 8.90. The van der Waals surface area contributed by atoms with Gasteiger partial charge in [0, 0.05) is 14.2 Å². The summed E-state index contributed by atoms with van der Waals surface area (Å²) in [5.41, 5.74) is 21.6. The molecule has 0 N–H and O–H groups in total. The topological polar surface area (TPSA) is 18.5 Å². The summed E-state index contributed by atoms with van der Waals surface area (Å²) in [4.78, 5) is 0. The lowest BCUT2D eigenvalue weighted by Gasteiger charge is -2.38. The van der Waals surface area contributed by atoms with E-state index in [4.69, 9.17) is 9.47 Å². The third-order valence-electron chi connectivity index (χ3n) is 9.65. The molecule has 0 aromatic carbocycles. The van der Waals surface area contributed by atoms with Gasteiger partial charge in [0.25, 0.3) is 0 Å². The zero-order chi connectivity index (χ0) is 35.3. The Morgan fingerprint density at radius 1 is 0.422 bits per heavy atom. The molecule has 0 radical (unpaired) electrons. The summed E-state index contributed by atoms with van der Waals surface area (Å²) >= 11 is 0. The second-order valence-corrected chi connectivity index (χ2v) is 37.5. The molecule has 6 heteroatoms. The minimum Gasteiger partial charge on any atom is -0.345 e. The van der Waals surface area contributed by atoms with E-state index in [0.29, 0.717) is 33.2 Å². The van der Waals surface area contributed by atoms with Gasteiger partial charge in [-0.1, -0.05) is 146 Å². The van der Waals surface area contributed by atoms with E-state index < -0.39 is 38.1 Å². The van der Waals surface area contributed by atoms with Crippen molar-refractivity contribution in [2.45, 2.75) is 161 Å². The monoisotopic (exact) mass is 678 g/mol. The van der Waals surface area contributed by atoms with Crippen LogP contribution in [-0.4, -0.2) is 52.3 Å². The zero-order valence-corrected chi connectivity index (χ0v) is 36.8. The van der Waals surface area contributed by atoms with Gasteiger partial charge in [0.2, 0.25) is 5.79 Å². The summed E-state index contributed by atoms with van der Waals surface area (Å²) in [5.74, 6) is 13.6. The van der Waals surface area contributed by atoms with Crippen LogP contribution in [0.25, 0.3) is 0 Å². The van der Waals surface area contributed by atoms with E-state index >= 15 is 0 Å². The van der Waals surface area contributed by atoms with Gasteiger partial charge in [-0.25, -0.2) is 0 Å². The standard InChI is InChI=1S/C39H66O2Si4/c1-29(2)44(30(3)4,31(5)6)27-21-35-36(22-28-45(32(7)8,33(9)10)34(11)12)38(24-26-43(18,19)20)39(40-13,41-14)37(35)23-25-42(15,16)17/h29-34H,1-20H3. The van der Waals surface area contributed by atoms with Crippen molar-refractivity contribution in [1.82, 2.24) is 0 Å². The predicted octanol–water partition coefficient (Wildman–Crippen LogP) is 10.8. The maximum atomic E-state index is 6.39. The maximum Gasteiger partial charge on any atom is 0.240 e. The van der Waals surface area contributed by atoms with Crippen molar-refractivity contribution in [2.24, 2.45) is 0 Å². The van der Waals surface area contributed by atoms with Crippen molar-refractivity contribution in [3.05, 3.63) is 22.3 Å². The highest BCUT2D eigenvalue weighted by molar-refractivity contribution is 6.91. The molecule has 0 aromatic rings. The fourth-order valence-corrected chi connectivity index (χ4v) is 18.9. The molecule has 45 heavy (non-hydrogen) atoms. The van der Waals surface area contributed by atoms with Crippen LogP contribution in [-0.2, 0) is 9.47 Å². The van der Waals surface area contributed by atoms with E-state index in [2.05, 4.69) is 168 Å². The van der Waals surface area contributed by atoms with Crippen LogP contribution in [0.4, 0.5) is 0 Å². The smallest absolute Gasteiger partial charge is 0.240 e. The van der Waals surface area contributed by atoms with Crippen LogP contribution in [0.2, 0.25) is 72.5 Å². The van der Waals surface area contributed by atoms with E-state index in [1.807, 2.05) is 0 Å². The Labute approximate surface area is 284 Å². The molecule has 250 valence electrons. The van der Waals surface area contributed by atoms with Gasteiger partial charge in [-0.15, -0.1) is 22.2 Å². The van der Waals surface area contributed by atoms with Crippen LogP contribution in [0.3, 0.4) is 0 Å². The quantitative estimate of drug-likeness (QED) is 0.144. The molecular weight excluding hydrogens is 613 g/mol. The number of rotatable bonds is 8. The Kier molecular flexibility index (Phi) is 14.4. The number of hydrogen-bond donors (Lipinski definition) is 0. The summed E-state index contributed by atoms with van der Waals surface area (Å²) in [6.45, 7) is 41.9. The van der Waals surface area contributed by atoms with Crippen LogP contribution < -0.4 is 0 Å². The Morgan fingerprint density at radius 3 is 0.844 bits per heavy atom. The lowest BCUT2D eigenvalue weighted by Crippen LogP contribution is -2.43. The summed E-state index contributed by atoms with van der Waals surface area (Å²) in [5, 5.41) is 0. The highest BCUT2D eigenvalue weighted by atomic mass is 28.3. The molecule has 2 nitrogen and oxygen atoms in total.